The molecule has 112 valence electrons. The van der Waals surface area contributed by atoms with E-state index in [-0.39, 0.29) is 18.1 Å². The molecule has 5 nitrogen and oxygen atoms in total. The summed E-state index contributed by atoms with van der Waals surface area (Å²) in [5.41, 5.74) is 0.592. The highest BCUT2D eigenvalue weighted by molar-refractivity contribution is 5.91. The van der Waals surface area contributed by atoms with Crippen LogP contribution in [0, 0.1) is 5.92 Å². The average molecular weight is 290 g/mol. The van der Waals surface area contributed by atoms with Crippen LogP contribution in [0.25, 0.3) is 11.0 Å². The highest BCUT2D eigenvalue weighted by Crippen LogP contribution is 2.37. The van der Waals surface area contributed by atoms with Gasteiger partial charge in [0.2, 0.25) is 0 Å². The molecule has 0 aliphatic carbocycles. The smallest absolute Gasteiger partial charge is 0.336 e. The molecule has 0 aliphatic heterocycles. The number of benzene rings is 1. The Morgan fingerprint density at radius 2 is 1.95 bits per heavy atom. The van der Waals surface area contributed by atoms with Crippen molar-refractivity contribution in [1.29, 1.82) is 0 Å². The van der Waals surface area contributed by atoms with Crippen LogP contribution in [0.5, 0.6) is 11.5 Å². The molecule has 0 aliphatic rings. The third-order valence-corrected chi connectivity index (χ3v) is 3.36. The maximum atomic E-state index is 12.1. The molecule has 0 saturated carbocycles. The van der Waals surface area contributed by atoms with Crippen molar-refractivity contribution in [3.8, 4) is 11.5 Å². The zero-order valence-electron chi connectivity index (χ0n) is 12.6. The van der Waals surface area contributed by atoms with Crippen molar-refractivity contribution in [3.63, 3.8) is 0 Å². The summed E-state index contributed by atoms with van der Waals surface area (Å²) in [6.45, 7) is 3.70. The Morgan fingerprint density at radius 3 is 2.52 bits per heavy atom. The van der Waals surface area contributed by atoms with Crippen LogP contribution >= 0.6 is 0 Å². The highest BCUT2D eigenvalue weighted by Gasteiger charge is 2.20. The number of carbonyl (C=O) groups is 1. The van der Waals surface area contributed by atoms with Crippen LogP contribution in [0.15, 0.2) is 27.4 Å². The van der Waals surface area contributed by atoms with Gasteiger partial charge in [-0.05, 0) is 6.07 Å². The minimum absolute atomic E-state index is 0.0798. The average Bonchev–Trinajstić information content (AvgIpc) is 2.46. The number of hydrogen-bond donors (Lipinski definition) is 0. The maximum absolute atomic E-state index is 12.1. The second-order valence-electron chi connectivity index (χ2n) is 5.05. The summed E-state index contributed by atoms with van der Waals surface area (Å²) in [7, 11) is 3.02. The second-order valence-corrected chi connectivity index (χ2v) is 5.05. The molecule has 1 heterocycles. The summed E-state index contributed by atoms with van der Waals surface area (Å²) in [6.07, 6.45) is 0.207. The number of ketones is 1. The predicted molar refractivity (Wildman–Crippen MR) is 79.1 cm³/mol. The van der Waals surface area contributed by atoms with Gasteiger partial charge in [-0.3, -0.25) is 4.79 Å². The van der Waals surface area contributed by atoms with E-state index in [1.807, 2.05) is 13.8 Å². The fourth-order valence-electron chi connectivity index (χ4n) is 2.17. The van der Waals surface area contributed by atoms with Gasteiger partial charge in [0.1, 0.15) is 22.9 Å². The summed E-state index contributed by atoms with van der Waals surface area (Å²) in [4.78, 5) is 23.4. The van der Waals surface area contributed by atoms with Crippen LogP contribution in [0.3, 0.4) is 0 Å². The standard InChI is InChI=1S/C16H18O5/c1-9(2)12(17)7-11-13(19-3)8-14-10(16(11)20-4)5-6-15(18)21-14/h5-6,8-9H,7H2,1-4H3. The van der Waals surface area contributed by atoms with Gasteiger partial charge < -0.3 is 13.9 Å². The maximum Gasteiger partial charge on any atom is 0.336 e. The van der Waals surface area contributed by atoms with E-state index in [1.165, 1.54) is 20.3 Å². The molecule has 0 unspecified atom stereocenters. The van der Waals surface area contributed by atoms with E-state index in [0.29, 0.717) is 28.0 Å². The Bertz CT molecular complexity index is 727. The largest absolute Gasteiger partial charge is 0.496 e. The number of fused-ring (bicyclic) bond motifs is 1. The van der Waals surface area contributed by atoms with Gasteiger partial charge in [0.05, 0.1) is 19.6 Å². The predicted octanol–water partition coefficient (Wildman–Crippen LogP) is 2.58. The lowest BCUT2D eigenvalue weighted by atomic mass is 9.98. The van der Waals surface area contributed by atoms with Crippen LogP contribution in [-0.2, 0) is 11.2 Å². The number of methoxy groups -OCH3 is 2. The van der Waals surface area contributed by atoms with Crippen molar-refractivity contribution < 1.29 is 18.7 Å². The third kappa shape index (κ3) is 2.91. The van der Waals surface area contributed by atoms with Crippen molar-refractivity contribution in [3.05, 3.63) is 34.2 Å². The van der Waals surface area contributed by atoms with Crippen LogP contribution in [-0.4, -0.2) is 20.0 Å². The van der Waals surface area contributed by atoms with Gasteiger partial charge in [-0.1, -0.05) is 13.8 Å². The molecule has 21 heavy (non-hydrogen) atoms. The van der Waals surface area contributed by atoms with Gasteiger partial charge in [0.25, 0.3) is 0 Å². The summed E-state index contributed by atoms with van der Waals surface area (Å²) in [5, 5.41) is 0.643. The van der Waals surface area contributed by atoms with E-state index in [9.17, 15) is 9.59 Å². The molecule has 0 spiro atoms. The highest BCUT2D eigenvalue weighted by atomic mass is 16.5. The number of carbonyl (C=O) groups excluding carboxylic acids is 1. The first-order valence-electron chi connectivity index (χ1n) is 6.68. The minimum atomic E-state index is -0.447. The molecular formula is C16H18O5. The quantitative estimate of drug-likeness (QED) is 0.792. The number of hydrogen-bond acceptors (Lipinski definition) is 5. The lowest BCUT2D eigenvalue weighted by Crippen LogP contribution is -2.12. The first-order valence-corrected chi connectivity index (χ1v) is 6.68. The van der Waals surface area contributed by atoms with Crippen molar-refractivity contribution in [2.75, 3.05) is 14.2 Å². The van der Waals surface area contributed by atoms with Gasteiger partial charge in [0, 0.05) is 30.0 Å². The lowest BCUT2D eigenvalue weighted by molar-refractivity contribution is -0.121. The SMILES string of the molecule is COc1cc2oc(=O)ccc2c(OC)c1CC(=O)C(C)C. The fraction of sp³-hybridized carbons (Fsp3) is 0.375. The topological polar surface area (TPSA) is 65.7 Å². The molecule has 0 N–H and O–H groups in total. The summed E-state index contributed by atoms with van der Waals surface area (Å²) in [6, 6.07) is 4.57. The van der Waals surface area contributed by atoms with E-state index in [2.05, 4.69) is 0 Å². The van der Waals surface area contributed by atoms with E-state index < -0.39 is 5.63 Å². The lowest BCUT2D eigenvalue weighted by Gasteiger charge is -2.15. The Morgan fingerprint density at radius 1 is 1.24 bits per heavy atom. The minimum Gasteiger partial charge on any atom is -0.496 e. The molecule has 2 rings (SSSR count). The molecule has 1 aromatic heterocycles. The number of Topliss-reactive ketones (excluding diaryl/α,β-unsaturated/α-hetero) is 1. The molecule has 0 radical (unpaired) electrons. The van der Waals surface area contributed by atoms with Crippen LogP contribution in [0.1, 0.15) is 19.4 Å². The van der Waals surface area contributed by atoms with Gasteiger partial charge >= 0.3 is 5.63 Å². The van der Waals surface area contributed by atoms with Crippen molar-refractivity contribution in [2.24, 2.45) is 5.92 Å². The van der Waals surface area contributed by atoms with Gasteiger partial charge in [-0.2, -0.15) is 0 Å². The Kier molecular flexibility index (Phi) is 4.31. The Labute approximate surface area is 122 Å². The molecule has 1 aromatic carbocycles. The van der Waals surface area contributed by atoms with Gasteiger partial charge in [-0.25, -0.2) is 4.79 Å². The van der Waals surface area contributed by atoms with Crippen molar-refractivity contribution in [1.82, 2.24) is 0 Å². The molecule has 0 fully saturated rings. The van der Waals surface area contributed by atoms with Crippen LogP contribution < -0.4 is 15.1 Å². The third-order valence-electron chi connectivity index (χ3n) is 3.36. The normalized spacial score (nSPS) is 10.9. The molecule has 0 atom stereocenters. The molecule has 2 aromatic rings. The van der Waals surface area contributed by atoms with E-state index in [4.69, 9.17) is 13.9 Å². The van der Waals surface area contributed by atoms with Crippen LogP contribution in [0.2, 0.25) is 0 Å². The Hall–Kier alpha value is -2.30. The summed E-state index contributed by atoms with van der Waals surface area (Å²) in [5.74, 6) is 0.983. The zero-order valence-corrected chi connectivity index (χ0v) is 12.6. The molecule has 0 saturated heterocycles. The fourth-order valence-corrected chi connectivity index (χ4v) is 2.17. The monoisotopic (exact) mass is 290 g/mol. The summed E-state index contributed by atoms with van der Waals surface area (Å²) >= 11 is 0. The van der Waals surface area contributed by atoms with Gasteiger partial charge in [0.15, 0.2) is 0 Å². The van der Waals surface area contributed by atoms with E-state index >= 15 is 0 Å². The zero-order chi connectivity index (χ0) is 15.6. The van der Waals surface area contributed by atoms with E-state index in [1.54, 1.807) is 12.1 Å². The van der Waals surface area contributed by atoms with E-state index in [0.717, 1.165) is 0 Å². The molecular weight excluding hydrogens is 272 g/mol. The molecule has 0 amide bonds. The first kappa shape index (κ1) is 15.1. The number of rotatable bonds is 5. The second kappa shape index (κ2) is 5.99. The van der Waals surface area contributed by atoms with Crippen LogP contribution in [0.4, 0.5) is 0 Å². The molecule has 5 heteroatoms. The molecule has 0 bridgehead atoms. The van der Waals surface area contributed by atoms with Crippen molar-refractivity contribution in [2.45, 2.75) is 20.3 Å². The van der Waals surface area contributed by atoms with Gasteiger partial charge in [-0.15, -0.1) is 0 Å². The summed E-state index contributed by atoms with van der Waals surface area (Å²) < 4.78 is 15.9. The number of ether oxygens (including phenoxy) is 2. The first-order chi connectivity index (χ1) is 9.97. The Balaban J connectivity index is 2.69. The van der Waals surface area contributed by atoms with Crippen molar-refractivity contribution >= 4 is 16.8 Å².